The molecule has 1 aromatic rings. The van der Waals surface area contributed by atoms with Crippen molar-refractivity contribution in [3.05, 3.63) is 29.3 Å². The summed E-state index contributed by atoms with van der Waals surface area (Å²) < 4.78 is 0. The van der Waals surface area contributed by atoms with Crippen LogP contribution < -0.4 is 22.1 Å². The van der Waals surface area contributed by atoms with Crippen LogP contribution in [-0.4, -0.2) is 43.1 Å². The Morgan fingerprint density at radius 2 is 1.26 bits per heavy atom. The van der Waals surface area contributed by atoms with Crippen LogP contribution in [0.2, 0.25) is 0 Å². The summed E-state index contributed by atoms with van der Waals surface area (Å²) in [4.78, 5) is 24.1. The van der Waals surface area contributed by atoms with Crippen molar-refractivity contribution in [3.63, 3.8) is 0 Å². The molecule has 0 aromatic heterocycles. The van der Waals surface area contributed by atoms with Crippen molar-refractivity contribution in [2.45, 2.75) is 25.7 Å². The van der Waals surface area contributed by atoms with Crippen LogP contribution in [0.3, 0.4) is 0 Å². The lowest BCUT2D eigenvalue weighted by molar-refractivity contribution is 0.0952. The number of rotatable bonds is 10. The fourth-order valence-corrected chi connectivity index (χ4v) is 2.02. The molecule has 1 aromatic carbocycles. The summed E-state index contributed by atoms with van der Waals surface area (Å²) in [6, 6.07) is 4.14. The number of phenolic OH excluding ortho intramolecular Hbond substituents is 1. The van der Waals surface area contributed by atoms with E-state index in [0.29, 0.717) is 26.2 Å². The van der Waals surface area contributed by atoms with E-state index >= 15 is 0 Å². The van der Waals surface area contributed by atoms with E-state index in [1.807, 2.05) is 0 Å². The first-order valence-electron chi connectivity index (χ1n) is 7.89. The fraction of sp³-hybridized carbons (Fsp3) is 0.500. The van der Waals surface area contributed by atoms with Gasteiger partial charge in [-0.3, -0.25) is 9.59 Å². The lowest BCUT2D eigenvalue weighted by atomic mass is 10.1. The predicted octanol–water partition coefficient (Wildman–Crippen LogP) is 0.330. The van der Waals surface area contributed by atoms with E-state index in [1.165, 1.54) is 18.2 Å². The molecule has 128 valence electrons. The number of nitrogens with one attached hydrogen (secondary N) is 2. The summed E-state index contributed by atoms with van der Waals surface area (Å²) in [6.45, 7) is 2.17. The first-order valence-corrected chi connectivity index (χ1v) is 7.89. The van der Waals surface area contributed by atoms with Gasteiger partial charge in [0.2, 0.25) is 0 Å². The largest absolute Gasteiger partial charge is 0.508 e. The first-order chi connectivity index (χ1) is 11.1. The monoisotopic (exact) mass is 322 g/mol. The molecule has 0 unspecified atom stereocenters. The number of aromatic hydroxyl groups is 1. The summed E-state index contributed by atoms with van der Waals surface area (Å²) >= 11 is 0. The highest BCUT2D eigenvalue weighted by Crippen LogP contribution is 2.16. The lowest BCUT2D eigenvalue weighted by Gasteiger charge is -2.09. The average Bonchev–Trinajstić information content (AvgIpc) is 2.54. The zero-order chi connectivity index (χ0) is 17.1. The Balaban J connectivity index is 2.63. The second-order valence-corrected chi connectivity index (χ2v) is 5.27. The molecule has 0 atom stereocenters. The maximum Gasteiger partial charge on any atom is 0.251 e. The Kier molecular flexibility index (Phi) is 8.71. The third kappa shape index (κ3) is 7.12. The average molecular weight is 322 g/mol. The van der Waals surface area contributed by atoms with Gasteiger partial charge >= 0.3 is 0 Å². The number of benzene rings is 1. The Hall–Kier alpha value is -2.12. The van der Waals surface area contributed by atoms with Crippen LogP contribution in [0.4, 0.5) is 0 Å². The Morgan fingerprint density at radius 1 is 0.826 bits per heavy atom. The minimum Gasteiger partial charge on any atom is -0.508 e. The van der Waals surface area contributed by atoms with Gasteiger partial charge < -0.3 is 27.2 Å². The standard InChI is InChI=1S/C16H26N4O3/c17-5-1-3-7-19-15(22)12-9-13(11-14(21)10-12)16(23)20-8-4-2-6-18/h9-11,21H,1-8,17-18H2,(H,19,22)(H,20,23). The smallest absolute Gasteiger partial charge is 0.251 e. The third-order valence-electron chi connectivity index (χ3n) is 3.28. The first kappa shape index (κ1) is 18.9. The van der Waals surface area contributed by atoms with Gasteiger partial charge in [0.05, 0.1) is 0 Å². The van der Waals surface area contributed by atoms with Crippen molar-refractivity contribution in [1.82, 2.24) is 10.6 Å². The molecule has 7 nitrogen and oxygen atoms in total. The summed E-state index contributed by atoms with van der Waals surface area (Å²) in [5, 5.41) is 15.2. The molecule has 0 saturated heterocycles. The summed E-state index contributed by atoms with van der Waals surface area (Å²) in [5.41, 5.74) is 11.3. The molecule has 0 radical (unpaired) electrons. The predicted molar refractivity (Wildman–Crippen MR) is 89.4 cm³/mol. The minimum absolute atomic E-state index is 0.119. The highest BCUT2D eigenvalue weighted by molar-refractivity contribution is 6.00. The number of hydrogen-bond donors (Lipinski definition) is 5. The van der Waals surface area contributed by atoms with E-state index in [9.17, 15) is 14.7 Å². The van der Waals surface area contributed by atoms with Crippen LogP contribution in [-0.2, 0) is 0 Å². The summed E-state index contributed by atoms with van der Waals surface area (Å²) in [5.74, 6) is -0.767. The zero-order valence-electron chi connectivity index (χ0n) is 13.3. The zero-order valence-corrected chi connectivity index (χ0v) is 13.3. The van der Waals surface area contributed by atoms with Crippen molar-refractivity contribution in [1.29, 1.82) is 0 Å². The van der Waals surface area contributed by atoms with E-state index in [1.54, 1.807) is 0 Å². The molecule has 7 N–H and O–H groups in total. The van der Waals surface area contributed by atoms with E-state index in [4.69, 9.17) is 11.5 Å². The van der Waals surface area contributed by atoms with Gasteiger partial charge in [-0.1, -0.05) is 0 Å². The van der Waals surface area contributed by atoms with Gasteiger partial charge in [-0.05, 0) is 57.0 Å². The summed E-state index contributed by atoms with van der Waals surface area (Å²) in [7, 11) is 0. The molecular formula is C16H26N4O3. The number of carbonyl (C=O) groups excluding carboxylic acids is 2. The molecule has 0 aliphatic heterocycles. The number of nitrogens with two attached hydrogens (primary N) is 2. The van der Waals surface area contributed by atoms with Gasteiger partial charge in [-0.25, -0.2) is 0 Å². The van der Waals surface area contributed by atoms with Crippen LogP contribution in [0.15, 0.2) is 18.2 Å². The highest BCUT2D eigenvalue weighted by Gasteiger charge is 2.12. The molecule has 7 heteroatoms. The van der Waals surface area contributed by atoms with Gasteiger partial charge in [-0.15, -0.1) is 0 Å². The van der Waals surface area contributed by atoms with Gasteiger partial charge in [0.1, 0.15) is 5.75 Å². The number of carbonyl (C=O) groups is 2. The minimum atomic E-state index is -0.324. The number of amides is 2. The van der Waals surface area contributed by atoms with Crippen LogP contribution in [0, 0.1) is 0 Å². The Bertz CT molecular complexity index is 478. The molecule has 0 bridgehead atoms. The maximum atomic E-state index is 12.0. The molecule has 0 aliphatic carbocycles. The van der Waals surface area contributed by atoms with Crippen LogP contribution in [0.25, 0.3) is 0 Å². The van der Waals surface area contributed by atoms with Crippen LogP contribution in [0.5, 0.6) is 5.75 Å². The second-order valence-electron chi connectivity index (χ2n) is 5.27. The maximum absolute atomic E-state index is 12.0. The Labute approximate surface area is 136 Å². The number of unbranched alkanes of at least 4 members (excludes halogenated alkanes) is 2. The summed E-state index contributed by atoms with van der Waals surface area (Å²) in [6.07, 6.45) is 3.23. The molecule has 0 fully saturated rings. The molecule has 1 rings (SSSR count). The van der Waals surface area contributed by atoms with Crippen molar-refractivity contribution in [3.8, 4) is 5.75 Å². The van der Waals surface area contributed by atoms with Gasteiger partial charge in [0.15, 0.2) is 0 Å². The quantitative estimate of drug-likeness (QED) is 0.396. The molecule has 2 amide bonds. The number of phenols is 1. The SMILES string of the molecule is NCCCCNC(=O)c1cc(O)cc(C(=O)NCCCCN)c1. The van der Waals surface area contributed by atoms with Gasteiger partial charge in [-0.2, -0.15) is 0 Å². The normalized spacial score (nSPS) is 10.3. The molecule has 0 heterocycles. The Morgan fingerprint density at radius 3 is 1.65 bits per heavy atom. The van der Waals surface area contributed by atoms with Crippen molar-refractivity contribution in [2.24, 2.45) is 11.5 Å². The highest BCUT2D eigenvalue weighted by atomic mass is 16.3. The number of hydrogen-bond acceptors (Lipinski definition) is 5. The molecule has 0 aliphatic rings. The molecule has 0 saturated carbocycles. The van der Waals surface area contributed by atoms with E-state index < -0.39 is 0 Å². The van der Waals surface area contributed by atoms with E-state index in [-0.39, 0.29) is 28.7 Å². The van der Waals surface area contributed by atoms with Crippen LogP contribution >= 0.6 is 0 Å². The lowest BCUT2D eigenvalue weighted by Crippen LogP contribution is -2.27. The van der Waals surface area contributed by atoms with Crippen molar-refractivity contribution in [2.75, 3.05) is 26.2 Å². The molecule has 23 heavy (non-hydrogen) atoms. The fourth-order valence-electron chi connectivity index (χ4n) is 2.02. The van der Waals surface area contributed by atoms with Crippen LogP contribution in [0.1, 0.15) is 46.4 Å². The van der Waals surface area contributed by atoms with E-state index in [2.05, 4.69) is 10.6 Å². The van der Waals surface area contributed by atoms with E-state index in [0.717, 1.165) is 25.7 Å². The van der Waals surface area contributed by atoms with Gasteiger partial charge in [0.25, 0.3) is 11.8 Å². The van der Waals surface area contributed by atoms with Crippen molar-refractivity contribution >= 4 is 11.8 Å². The topological polar surface area (TPSA) is 130 Å². The second kappa shape index (κ2) is 10.6. The van der Waals surface area contributed by atoms with Gasteiger partial charge in [0, 0.05) is 24.2 Å². The molecule has 0 spiro atoms. The third-order valence-corrected chi connectivity index (χ3v) is 3.28. The molecular weight excluding hydrogens is 296 g/mol. The van der Waals surface area contributed by atoms with Crippen molar-refractivity contribution < 1.29 is 14.7 Å².